The van der Waals surface area contributed by atoms with Gasteiger partial charge in [-0.3, -0.25) is 9.78 Å². The third-order valence-electron chi connectivity index (χ3n) is 4.65. The van der Waals surface area contributed by atoms with Gasteiger partial charge in [-0.2, -0.15) is 0 Å². The van der Waals surface area contributed by atoms with E-state index in [1.165, 1.54) is 17.8 Å². The van der Waals surface area contributed by atoms with Gasteiger partial charge in [0.05, 0.1) is 17.0 Å². The maximum atomic E-state index is 12.4. The van der Waals surface area contributed by atoms with Crippen LogP contribution in [-0.4, -0.2) is 41.0 Å². The highest BCUT2D eigenvalue weighted by molar-refractivity contribution is 7.11. The van der Waals surface area contributed by atoms with Crippen LogP contribution >= 0.6 is 11.3 Å². The predicted octanol–water partition coefficient (Wildman–Crippen LogP) is 2.97. The fourth-order valence-electron chi connectivity index (χ4n) is 3.74. The van der Waals surface area contributed by atoms with Gasteiger partial charge < -0.3 is 9.64 Å². The number of hydrogen-bond acceptors (Lipinski definition) is 5. The van der Waals surface area contributed by atoms with Gasteiger partial charge in [0.1, 0.15) is 0 Å². The summed E-state index contributed by atoms with van der Waals surface area (Å²) < 4.78 is 5.16. The molecule has 0 spiro atoms. The summed E-state index contributed by atoms with van der Waals surface area (Å²) in [5, 5.41) is 0. The van der Waals surface area contributed by atoms with E-state index in [1.807, 2.05) is 6.92 Å². The lowest BCUT2D eigenvalue weighted by Crippen LogP contribution is -2.39. The molecule has 21 heavy (non-hydrogen) atoms. The molecule has 6 heteroatoms. The zero-order valence-corrected chi connectivity index (χ0v) is 13.0. The average molecular weight is 308 g/mol. The van der Waals surface area contributed by atoms with Crippen molar-refractivity contribution in [3.8, 4) is 0 Å². The van der Waals surface area contributed by atoms with Crippen LogP contribution in [0.2, 0.25) is 0 Å². The zero-order valence-electron chi connectivity index (χ0n) is 12.2. The van der Waals surface area contributed by atoms with Crippen molar-refractivity contribution in [3.05, 3.63) is 16.6 Å². The summed E-state index contributed by atoms with van der Waals surface area (Å²) in [6.07, 6.45) is 5.21. The summed E-state index contributed by atoms with van der Waals surface area (Å²) in [7, 11) is 0. The van der Waals surface area contributed by atoms with E-state index in [4.69, 9.17) is 4.74 Å². The van der Waals surface area contributed by atoms with Crippen molar-refractivity contribution in [2.24, 2.45) is 11.8 Å². The Labute approximate surface area is 128 Å². The van der Waals surface area contributed by atoms with Gasteiger partial charge in [-0.25, -0.2) is 4.79 Å². The molecule has 2 fully saturated rings. The number of fused-ring (bicyclic) bond motifs is 1. The Morgan fingerprint density at radius 1 is 1.48 bits per heavy atom. The predicted molar refractivity (Wildman–Crippen MR) is 79.4 cm³/mol. The van der Waals surface area contributed by atoms with Gasteiger partial charge in [0.15, 0.2) is 5.78 Å². The molecule has 0 N–H and O–H groups in total. The van der Waals surface area contributed by atoms with Crippen molar-refractivity contribution < 1.29 is 14.3 Å². The van der Waals surface area contributed by atoms with Gasteiger partial charge in [-0.1, -0.05) is 6.42 Å². The first-order chi connectivity index (χ1) is 10.2. The maximum absolute atomic E-state index is 12.4. The minimum atomic E-state index is -0.269. The van der Waals surface area contributed by atoms with Crippen LogP contribution in [-0.2, 0) is 4.74 Å². The number of ether oxygens (including phenoxy) is 1. The summed E-state index contributed by atoms with van der Waals surface area (Å²) in [5.74, 6) is 1.07. The van der Waals surface area contributed by atoms with Crippen LogP contribution < -0.4 is 0 Å². The van der Waals surface area contributed by atoms with E-state index in [-0.39, 0.29) is 17.9 Å². The topological polar surface area (TPSA) is 59.5 Å². The van der Waals surface area contributed by atoms with E-state index in [9.17, 15) is 9.59 Å². The first-order valence-electron chi connectivity index (χ1n) is 7.55. The molecule has 1 aromatic rings. The Bertz CT molecular complexity index is 517. The number of thiazole rings is 1. The third-order valence-corrected chi connectivity index (χ3v) is 5.46. The first kappa shape index (κ1) is 14.5. The number of amides is 1. The standard InChI is InChI=1S/C15H20N2O3S/c1-2-20-15(19)17-8-10-4-3-5-11(10)12(17)6-13(18)14-7-16-9-21-14/h7,9-12H,2-6,8H2,1H3. The molecule has 2 aliphatic rings. The second-order valence-corrected chi connectivity index (χ2v) is 6.65. The number of carbonyl (C=O) groups is 2. The fraction of sp³-hybridized carbons (Fsp3) is 0.667. The maximum Gasteiger partial charge on any atom is 0.410 e. The number of nitrogens with zero attached hydrogens (tertiary/aromatic N) is 2. The van der Waals surface area contributed by atoms with Gasteiger partial charge >= 0.3 is 6.09 Å². The summed E-state index contributed by atoms with van der Waals surface area (Å²) in [6.45, 7) is 2.93. The molecule has 0 bridgehead atoms. The van der Waals surface area contributed by atoms with Crippen LogP contribution in [0.1, 0.15) is 42.3 Å². The molecule has 0 radical (unpaired) electrons. The van der Waals surface area contributed by atoms with Crippen LogP contribution in [0.15, 0.2) is 11.7 Å². The average Bonchev–Trinajstić information content (AvgIpc) is 3.16. The largest absolute Gasteiger partial charge is 0.450 e. The van der Waals surface area contributed by atoms with Crippen molar-refractivity contribution in [3.63, 3.8) is 0 Å². The number of carbonyl (C=O) groups excluding carboxylic acids is 2. The molecule has 1 aromatic heterocycles. The van der Waals surface area contributed by atoms with Crippen LogP contribution in [0.3, 0.4) is 0 Å². The minimum Gasteiger partial charge on any atom is -0.450 e. The molecule has 0 aromatic carbocycles. The van der Waals surface area contributed by atoms with E-state index in [1.54, 1.807) is 16.6 Å². The molecular formula is C15H20N2O3S. The summed E-state index contributed by atoms with van der Waals surface area (Å²) in [4.78, 5) is 30.9. The lowest BCUT2D eigenvalue weighted by Gasteiger charge is -2.26. The quantitative estimate of drug-likeness (QED) is 0.802. The number of Topliss-reactive ketones (excluding diaryl/α,β-unsaturated/α-hetero) is 1. The zero-order chi connectivity index (χ0) is 14.8. The van der Waals surface area contributed by atoms with Crippen LogP contribution in [0, 0.1) is 11.8 Å². The molecule has 3 unspecified atom stereocenters. The number of aromatic nitrogens is 1. The van der Waals surface area contributed by atoms with Gasteiger partial charge in [-0.15, -0.1) is 11.3 Å². The normalized spacial score (nSPS) is 27.7. The number of hydrogen-bond donors (Lipinski definition) is 0. The van der Waals surface area contributed by atoms with Crippen molar-refractivity contribution in [1.29, 1.82) is 0 Å². The molecule has 1 aliphatic heterocycles. The minimum absolute atomic E-state index is 0.00819. The smallest absolute Gasteiger partial charge is 0.410 e. The van der Waals surface area contributed by atoms with E-state index in [2.05, 4.69) is 4.98 Å². The molecular weight excluding hydrogens is 288 g/mol. The Morgan fingerprint density at radius 2 is 2.33 bits per heavy atom. The second kappa shape index (κ2) is 6.13. The molecule has 1 saturated carbocycles. The van der Waals surface area contributed by atoms with Gasteiger partial charge in [0, 0.05) is 25.2 Å². The van der Waals surface area contributed by atoms with Gasteiger partial charge in [0.2, 0.25) is 0 Å². The van der Waals surface area contributed by atoms with E-state index < -0.39 is 0 Å². The molecule has 2 heterocycles. The summed E-state index contributed by atoms with van der Waals surface area (Å²) >= 11 is 1.36. The van der Waals surface area contributed by atoms with Crippen molar-refractivity contribution in [2.45, 2.75) is 38.6 Å². The van der Waals surface area contributed by atoms with E-state index in [0.717, 1.165) is 19.4 Å². The van der Waals surface area contributed by atoms with Crippen molar-refractivity contribution in [1.82, 2.24) is 9.88 Å². The van der Waals surface area contributed by atoms with E-state index in [0.29, 0.717) is 29.7 Å². The van der Waals surface area contributed by atoms with E-state index >= 15 is 0 Å². The fourth-order valence-corrected chi connectivity index (χ4v) is 4.31. The lowest BCUT2D eigenvalue weighted by molar-refractivity contribution is 0.0843. The highest BCUT2D eigenvalue weighted by Crippen LogP contribution is 2.43. The van der Waals surface area contributed by atoms with Crippen LogP contribution in [0.25, 0.3) is 0 Å². The SMILES string of the molecule is CCOC(=O)N1CC2CCCC2C1CC(=O)c1cncs1. The Kier molecular flexibility index (Phi) is 4.24. The highest BCUT2D eigenvalue weighted by atomic mass is 32.1. The molecule has 114 valence electrons. The van der Waals surface area contributed by atoms with Gasteiger partial charge in [0.25, 0.3) is 0 Å². The Morgan fingerprint density at radius 3 is 3.05 bits per heavy atom. The molecule has 3 atom stereocenters. The molecule has 3 rings (SSSR count). The number of rotatable bonds is 4. The number of ketones is 1. The number of likely N-dealkylation sites (tertiary alicyclic amines) is 1. The third kappa shape index (κ3) is 2.81. The highest BCUT2D eigenvalue weighted by Gasteiger charge is 2.47. The Hall–Kier alpha value is -1.43. The molecule has 1 saturated heterocycles. The second-order valence-electron chi connectivity index (χ2n) is 5.77. The molecule has 1 aliphatic carbocycles. The summed E-state index contributed by atoms with van der Waals surface area (Å²) in [5.41, 5.74) is 1.67. The van der Waals surface area contributed by atoms with Crippen molar-refractivity contribution >= 4 is 23.2 Å². The van der Waals surface area contributed by atoms with Gasteiger partial charge in [-0.05, 0) is 31.6 Å². The molecule has 5 nitrogen and oxygen atoms in total. The van der Waals surface area contributed by atoms with Crippen molar-refractivity contribution in [2.75, 3.05) is 13.2 Å². The van der Waals surface area contributed by atoms with Crippen LogP contribution in [0.4, 0.5) is 4.79 Å². The molecule has 1 amide bonds. The lowest BCUT2D eigenvalue weighted by atomic mass is 9.91. The monoisotopic (exact) mass is 308 g/mol. The Balaban J connectivity index is 1.75. The first-order valence-corrected chi connectivity index (χ1v) is 8.43. The van der Waals surface area contributed by atoms with Crippen LogP contribution in [0.5, 0.6) is 0 Å². The summed E-state index contributed by atoms with van der Waals surface area (Å²) in [6, 6.07) is -0.00819.